The molecule has 0 spiro atoms. The predicted molar refractivity (Wildman–Crippen MR) is 93.3 cm³/mol. The Labute approximate surface area is 139 Å². The average Bonchev–Trinajstić information content (AvgIpc) is 2.44. The van der Waals surface area contributed by atoms with Gasteiger partial charge in [0.15, 0.2) is 0 Å². The minimum Gasteiger partial charge on any atom is -0.306 e. The van der Waals surface area contributed by atoms with Crippen LogP contribution in [-0.4, -0.2) is 11.5 Å². The van der Waals surface area contributed by atoms with Crippen LogP contribution in [0, 0.1) is 10.5 Å². The topological polar surface area (TPSA) is 24.9 Å². The third-order valence-corrected chi connectivity index (χ3v) is 4.84. The molecule has 0 radical (unpaired) electrons. The molecule has 0 saturated carbocycles. The van der Waals surface area contributed by atoms with E-state index in [1.165, 1.54) is 16.7 Å². The zero-order chi connectivity index (χ0) is 14.5. The fourth-order valence-electron chi connectivity index (χ4n) is 2.17. The quantitative estimate of drug-likeness (QED) is 0.734. The van der Waals surface area contributed by atoms with Crippen LogP contribution in [0.4, 0.5) is 0 Å². The van der Waals surface area contributed by atoms with Gasteiger partial charge in [-0.15, -0.1) is 0 Å². The minimum atomic E-state index is 0.137. The van der Waals surface area contributed by atoms with Gasteiger partial charge in [0.1, 0.15) is 0 Å². The summed E-state index contributed by atoms with van der Waals surface area (Å²) in [5.74, 6) is 0. The molecule has 0 aliphatic rings. The molecule has 1 heterocycles. The Bertz CT molecular complexity index is 586. The summed E-state index contributed by atoms with van der Waals surface area (Å²) in [4.78, 5) is 4.27. The number of hydrogen-bond donors (Lipinski definition) is 1. The smallest absolute Gasteiger partial charge is 0.0595 e. The van der Waals surface area contributed by atoms with Crippen LogP contribution < -0.4 is 5.32 Å². The van der Waals surface area contributed by atoms with Gasteiger partial charge in [-0.25, -0.2) is 0 Å². The van der Waals surface area contributed by atoms with Crippen LogP contribution in [0.25, 0.3) is 0 Å². The number of rotatable bonds is 5. The SMILES string of the molecule is CCCNC(c1ccc(I)c(Cl)c1)c1cnccc1C. The van der Waals surface area contributed by atoms with Gasteiger partial charge in [0.2, 0.25) is 0 Å². The molecule has 1 aromatic heterocycles. The van der Waals surface area contributed by atoms with Crippen molar-refractivity contribution in [1.29, 1.82) is 0 Å². The summed E-state index contributed by atoms with van der Waals surface area (Å²) < 4.78 is 1.07. The van der Waals surface area contributed by atoms with Crippen LogP contribution in [0.15, 0.2) is 36.7 Å². The molecule has 0 amide bonds. The van der Waals surface area contributed by atoms with E-state index in [2.05, 4.69) is 58.9 Å². The van der Waals surface area contributed by atoms with Crippen molar-refractivity contribution in [2.75, 3.05) is 6.54 Å². The lowest BCUT2D eigenvalue weighted by Crippen LogP contribution is -2.24. The lowest BCUT2D eigenvalue weighted by atomic mass is 9.96. The number of nitrogens with one attached hydrogen (secondary N) is 1. The van der Waals surface area contributed by atoms with Gasteiger partial charge in [-0.05, 0) is 77.4 Å². The number of pyridine rings is 1. The molecule has 0 aliphatic carbocycles. The van der Waals surface area contributed by atoms with Gasteiger partial charge in [-0.3, -0.25) is 4.98 Å². The van der Waals surface area contributed by atoms with E-state index in [0.29, 0.717) is 0 Å². The molecule has 4 heteroatoms. The Kier molecular flexibility index (Phi) is 5.81. The second-order valence-corrected chi connectivity index (χ2v) is 6.36. The van der Waals surface area contributed by atoms with Crippen LogP contribution >= 0.6 is 34.2 Å². The maximum Gasteiger partial charge on any atom is 0.0595 e. The lowest BCUT2D eigenvalue weighted by molar-refractivity contribution is 0.594. The predicted octanol–water partition coefficient (Wildman–Crippen LogP) is 4.74. The molecule has 1 N–H and O–H groups in total. The first-order valence-corrected chi connectivity index (χ1v) is 8.18. The Hall–Kier alpha value is -0.650. The van der Waals surface area contributed by atoms with Gasteiger partial charge < -0.3 is 5.32 Å². The maximum atomic E-state index is 6.27. The van der Waals surface area contributed by atoms with Crippen molar-refractivity contribution in [3.8, 4) is 0 Å². The number of aryl methyl sites for hydroxylation is 1. The highest BCUT2D eigenvalue weighted by atomic mass is 127. The number of hydrogen-bond acceptors (Lipinski definition) is 2. The van der Waals surface area contributed by atoms with E-state index < -0.39 is 0 Å². The first kappa shape index (κ1) is 15.7. The van der Waals surface area contributed by atoms with Crippen LogP contribution in [0.2, 0.25) is 5.02 Å². The van der Waals surface area contributed by atoms with Crippen molar-refractivity contribution in [3.63, 3.8) is 0 Å². The van der Waals surface area contributed by atoms with Crippen molar-refractivity contribution in [2.45, 2.75) is 26.3 Å². The zero-order valence-corrected chi connectivity index (χ0v) is 14.6. The van der Waals surface area contributed by atoms with Crippen LogP contribution in [0.5, 0.6) is 0 Å². The maximum absolute atomic E-state index is 6.27. The van der Waals surface area contributed by atoms with Crippen LogP contribution in [0.3, 0.4) is 0 Å². The fourth-order valence-corrected chi connectivity index (χ4v) is 2.69. The van der Waals surface area contributed by atoms with Gasteiger partial charge >= 0.3 is 0 Å². The first-order chi connectivity index (χ1) is 9.63. The van der Waals surface area contributed by atoms with Crippen molar-refractivity contribution in [2.24, 2.45) is 0 Å². The Morgan fingerprint density at radius 1 is 1.35 bits per heavy atom. The molecule has 1 unspecified atom stereocenters. The summed E-state index contributed by atoms with van der Waals surface area (Å²) in [6.07, 6.45) is 4.86. The van der Waals surface area contributed by atoms with Gasteiger partial charge in [-0.2, -0.15) is 0 Å². The van der Waals surface area contributed by atoms with Crippen molar-refractivity contribution in [1.82, 2.24) is 10.3 Å². The third kappa shape index (κ3) is 3.71. The Morgan fingerprint density at radius 2 is 2.15 bits per heavy atom. The van der Waals surface area contributed by atoms with Gasteiger partial charge in [0.25, 0.3) is 0 Å². The van der Waals surface area contributed by atoms with Crippen molar-refractivity contribution < 1.29 is 0 Å². The molecule has 0 bridgehead atoms. The molecular weight excluding hydrogens is 383 g/mol. The summed E-state index contributed by atoms with van der Waals surface area (Å²) in [5, 5.41) is 4.39. The molecule has 2 rings (SSSR count). The van der Waals surface area contributed by atoms with E-state index in [-0.39, 0.29) is 6.04 Å². The lowest BCUT2D eigenvalue weighted by Gasteiger charge is -2.21. The zero-order valence-electron chi connectivity index (χ0n) is 11.7. The van der Waals surface area contributed by atoms with E-state index in [1.807, 2.05) is 24.5 Å². The van der Waals surface area contributed by atoms with E-state index >= 15 is 0 Å². The molecule has 2 nitrogen and oxygen atoms in total. The number of benzene rings is 1. The summed E-state index contributed by atoms with van der Waals surface area (Å²) in [6, 6.07) is 8.42. The monoisotopic (exact) mass is 400 g/mol. The largest absolute Gasteiger partial charge is 0.306 e. The summed E-state index contributed by atoms with van der Waals surface area (Å²) >= 11 is 8.52. The molecule has 1 atom stereocenters. The molecule has 1 aromatic carbocycles. The molecule has 0 saturated heterocycles. The summed E-state index contributed by atoms with van der Waals surface area (Å²) in [6.45, 7) is 5.25. The van der Waals surface area contributed by atoms with E-state index in [0.717, 1.165) is 21.6 Å². The third-order valence-electron chi connectivity index (χ3n) is 3.27. The average molecular weight is 401 g/mol. The highest BCUT2D eigenvalue weighted by Crippen LogP contribution is 2.28. The molecule has 2 aromatic rings. The van der Waals surface area contributed by atoms with Crippen molar-refractivity contribution >= 4 is 34.2 Å². The summed E-state index contributed by atoms with van der Waals surface area (Å²) in [5.41, 5.74) is 3.63. The number of aromatic nitrogens is 1. The van der Waals surface area contributed by atoms with Gasteiger partial charge in [0.05, 0.1) is 11.1 Å². The minimum absolute atomic E-state index is 0.137. The molecule has 0 fully saturated rings. The fraction of sp³-hybridized carbons (Fsp3) is 0.312. The standard InChI is InChI=1S/C16H18ClIN2/c1-3-7-20-16(13-10-19-8-6-11(13)2)12-4-5-15(18)14(17)9-12/h4-6,8-10,16,20H,3,7H2,1-2H3. The Morgan fingerprint density at radius 3 is 2.80 bits per heavy atom. The first-order valence-electron chi connectivity index (χ1n) is 6.72. The second-order valence-electron chi connectivity index (χ2n) is 4.79. The highest BCUT2D eigenvalue weighted by Gasteiger charge is 2.16. The van der Waals surface area contributed by atoms with Gasteiger partial charge in [-0.1, -0.05) is 24.6 Å². The Balaban J connectivity index is 2.41. The molecule has 0 aliphatic heterocycles. The molecule has 106 valence electrons. The van der Waals surface area contributed by atoms with Crippen LogP contribution in [-0.2, 0) is 0 Å². The van der Waals surface area contributed by atoms with Gasteiger partial charge in [0, 0.05) is 16.0 Å². The highest BCUT2D eigenvalue weighted by molar-refractivity contribution is 14.1. The van der Waals surface area contributed by atoms with Crippen molar-refractivity contribution in [3.05, 3.63) is 61.9 Å². The summed E-state index contributed by atoms with van der Waals surface area (Å²) in [7, 11) is 0. The van der Waals surface area contributed by atoms with E-state index in [4.69, 9.17) is 11.6 Å². The normalized spacial score (nSPS) is 12.4. The molecule has 20 heavy (non-hydrogen) atoms. The number of nitrogens with zero attached hydrogens (tertiary/aromatic N) is 1. The molecular formula is C16H18ClIN2. The number of halogens is 2. The van der Waals surface area contributed by atoms with Crippen LogP contribution in [0.1, 0.15) is 36.1 Å². The second kappa shape index (κ2) is 7.38. The van der Waals surface area contributed by atoms with E-state index in [9.17, 15) is 0 Å². The van der Waals surface area contributed by atoms with E-state index in [1.54, 1.807) is 0 Å².